The van der Waals surface area contributed by atoms with Gasteiger partial charge in [0.25, 0.3) is 5.56 Å². The van der Waals surface area contributed by atoms with Crippen LogP contribution in [0.4, 0.5) is 0 Å². The van der Waals surface area contributed by atoms with Crippen LogP contribution in [0.15, 0.2) is 44.3 Å². The molecule has 2 aromatic carbocycles. The van der Waals surface area contributed by atoms with E-state index in [0.29, 0.717) is 56.1 Å². The normalized spacial score (nSPS) is 14.9. The Morgan fingerprint density at radius 2 is 1.68 bits per heavy atom. The molecule has 6 rings (SSSR count). The van der Waals surface area contributed by atoms with Crippen LogP contribution < -0.4 is 25.2 Å². The van der Waals surface area contributed by atoms with Crippen molar-refractivity contribution in [2.24, 2.45) is 0 Å². The summed E-state index contributed by atoms with van der Waals surface area (Å²) in [6.45, 7) is 0. The van der Waals surface area contributed by atoms with E-state index in [-0.39, 0.29) is 17.0 Å². The second-order valence-electron chi connectivity index (χ2n) is 9.53. The highest BCUT2D eigenvalue weighted by molar-refractivity contribution is 6.15. The van der Waals surface area contributed by atoms with E-state index < -0.39 is 0 Å². The average Bonchev–Trinajstić information content (AvgIpc) is 3.29. The molecule has 0 spiro atoms. The number of nitrogens with zero attached hydrogens (tertiary/aromatic N) is 1. The van der Waals surface area contributed by atoms with Crippen LogP contribution in [0.2, 0.25) is 0 Å². The lowest BCUT2D eigenvalue weighted by molar-refractivity contribution is 0.325. The van der Waals surface area contributed by atoms with E-state index in [1.807, 2.05) is 10.7 Å². The standard InChI is InChI=1S/C28H29N3O6/c1-34-19-13-12-18(24(35-2)25(19)36-3)21-22-27(31(30-28(22)33)15-8-6-4-5-7-9-15)29-23-17-11-10-16(32)14-20(17)37-26(21)23/h10-15,29H,4-9H2,1-3H3,(H,30,33). The summed E-state index contributed by atoms with van der Waals surface area (Å²) in [4.78, 5) is 29.2. The number of fused-ring (bicyclic) bond motifs is 4. The van der Waals surface area contributed by atoms with Crippen molar-refractivity contribution in [1.29, 1.82) is 0 Å². The zero-order valence-corrected chi connectivity index (χ0v) is 21.1. The highest BCUT2D eigenvalue weighted by Crippen LogP contribution is 2.48. The summed E-state index contributed by atoms with van der Waals surface area (Å²) in [7, 11) is 4.65. The van der Waals surface area contributed by atoms with Gasteiger partial charge in [0, 0.05) is 22.6 Å². The number of ether oxygens (including phenoxy) is 3. The Balaban J connectivity index is 1.77. The minimum absolute atomic E-state index is 0.151. The molecule has 0 amide bonds. The van der Waals surface area contributed by atoms with E-state index in [1.165, 1.54) is 25.0 Å². The van der Waals surface area contributed by atoms with Gasteiger partial charge in [0.05, 0.1) is 38.3 Å². The number of aromatic nitrogens is 3. The van der Waals surface area contributed by atoms with Crippen LogP contribution in [-0.2, 0) is 0 Å². The summed E-state index contributed by atoms with van der Waals surface area (Å²) in [6, 6.07) is 8.52. The molecule has 1 aliphatic carbocycles. The lowest BCUT2D eigenvalue weighted by Crippen LogP contribution is -2.13. The number of furan rings is 1. The Morgan fingerprint density at radius 3 is 2.38 bits per heavy atom. The minimum atomic E-state index is -0.228. The van der Waals surface area contributed by atoms with Crippen molar-refractivity contribution in [2.45, 2.75) is 44.6 Å². The number of H-pyrrole nitrogens is 2. The van der Waals surface area contributed by atoms with Gasteiger partial charge in [0.1, 0.15) is 11.2 Å². The predicted octanol–water partition coefficient (Wildman–Crippen LogP) is 5.51. The van der Waals surface area contributed by atoms with E-state index >= 15 is 0 Å². The third kappa shape index (κ3) is 3.60. The summed E-state index contributed by atoms with van der Waals surface area (Å²) >= 11 is 0. The SMILES string of the molecule is COc1ccc(-c2c3oc4cc(=O)ccc4c3[nH]c3c2c(=O)[nH]n3C2CCCCCC2)c(OC)c1OC. The van der Waals surface area contributed by atoms with Crippen molar-refractivity contribution in [1.82, 2.24) is 14.8 Å². The highest BCUT2D eigenvalue weighted by atomic mass is 16.5. The molecule has 9 heteroatoms. The number of hydrogen-bond donors (Lipinski definition) is 2. The minimum Gasteiger partial charge on any atom is -0.493 e. The topological polar surface area (TPSA) is 111 Å². The van der Waals surface area contributed by atoms with Gasteiger partial charge in [0.15, 0.2) is 22.5 Å². The lowest BCUT2D eigenvalue weighted by Gasteiger charge is -2.18. The van der Waals surface area contributed by atoms with E-state index in [2.05, 4.69) is 10.1 Å². The van der Waals surface area contributed by atoms with Crippen molar-refractivity contribution in [3.8, 4) is 28.4 Å². The molecule has 2 N–H and O–H groups in total. The second-order valence-corrected chi connectivity index (χ2v) is 9.53. The number of benzene rings is 2. The van der Waals surface area contributed by atoms with Crippen molar-refractivity contribution < 1.29 is 18.6 Å². The largest absolute Gasteiger partial charge is 0.493 e. The number of nitrogens with one attached hydrogen (secondary N) is 2. The molecule has 0 saturated heterocycles. The Bertz CT molecular complexity index is 1750. The van der Waals surface area contributed by atoms with Gasteiger partial charge in [-0.15, -0.1) is 0 Å². The van der Waals surface area contributed by atoms with Crippen molar-refractivity contribution in [3.05, 3.63) is 50.9 Å². The molecule has 37 heavy (non-hydrogen) atoms. The molecule has 192 valence electrons. The van der Waals surface area contributed by atoms with Gasteiger partial charge in [-0.3, -0.25) is 19.4 Å². The third-order valence-electron chi connectivity index (χ3n) is 7.47. The monoisotopic (exact) mass is 503 g/mol. The van der Waals surface area contributed by atoms with Gasteiger partial charge >= 0.3 is 0 Å². The number of hydrogen-bond acceptors (Lipinski definition) is 6. The molecule has 0 unspecified atom stereocenters. The summed E-state index contributed by atoms with van der Waals surface area (Å²) in [5.41, 5.74) is 3.11. The van der Waals surface area contributed by atoms with Crippen LogP contribution in [0.1, 0.15) is 44.6 Å². The fourth-order valence-corrected chi connectivity index (χ4v) is 5.76. The molecule has 0 atom stereocenters. The molecule has 5 aromatic rings. The van der Waals surface area contributed by atoms with E-state index in [4.69, 9.17) is 18.6 Å². The molecule has 1 aliphatic rings. The fourth-order valence-electron chi connectivity index (χ4n) is 5.76. The first-order chi connectivity index (χ1) is 18.0. The highest BCUT2D eigenvalue weighted by Gasteiger charge is 2.28. The summed E-state index contributed by atoms with van der Waals surface area (Å²) in [5.74, 6) is 1.33. The lowest BCUT2D eigenvalue weighted by atomic mass is 9.99. The maximum atomic E-state index is 13.6. The molecule has 1 fully saturated rings. The molecule has 9 nitrogen and oxygen atoms in total. The molecule has 3 aromatic heterocycles. The van der Waals surface area contributed by atoms with Gasteiger partial charge < -0.3 is 23.6 Å². The van der Waals surface area contributed by atoms with Crippen molar-refractivity contribution >= 4 is 33.1 Å². The van der Waals surface area contributed by atoms with E-state index in [9.17, 15) is 9.59 Å². The molecule has 0 aliphatic heterocycles. The van der Waals surface area contributed by atoms with Crippen LogP contribution in [-0.4, -0.2) is 36.1 Å². The number of rotatable bonds is 5. The van der Waals surface area contributed by atoms with Crippen LogP contribution in [0.25, 0.3) is 44.2 Å². The van der Waals surface area contributed by atoms with Crippen LogP contribution in [0.5, 0.6) is 17.2 Å². The van der Waals surface area contributed by atoms with Gasteiger partial charge in [0.2, 0.25) is 5.75 Å². The molecule has 1 saturated carbocycles. The third-order valence-corrected chi connectivity index (χ3v) is 7.47. The molecular formula is C28H29N3O6. The van der Waals surface area contributed by atoms with Crippen LogP contribution >= 0.6 is 0 Å². The Kier molecular flexibility index (Phi) is 5.70. The second kappa shape index (κ2) is 9.06. The number of methoxy groups -OCH3 is 3. The van der Waals surface area contributed by atoms with E-state index in [1.54, 1.807) is 33.5 Å². The maximum absolute atomic E-state index is 13.6. The zero-order chi connectivity index (χ0) is 25.7. The molecule has 3 heterocycles. The van der Waals surface area contributed by atoms with E-state index in [0.717, 1.165) is 31.1 Å². The smallest absolute Gasteiger partial charge is 0.274 e. The van der Waals surface area contributed by atoms with Crippen LogP contribution in [0.3, 0.4) is 0 Å². The zero-order valence-electron chi connectivity index (χ0n) is 21.1. The summed E-state index contributed by atoms with van der Waals surface area (Å²) in [5, 5.41) is 4.34. The van der Waals surface area contributed by atoms with Gasteiger partial charge in [-0.25, -0.2) is 0 Å². The summed E-state index contributed by atoms with van der Waals surface area (Å²) < 4.78 is 25.2. The van der Waals surface area contributed by atoms with Gasteiger partial charge in [-0.1, -0.05) is 25.7 Å². The Morgan fingerprint density at radius 1 is 0.919 bits per heavy atom. The van der Waals surface area contributed by atoms with Crippen molar-refractivity contribution in [2.75, 3.05) is 21.3 Å². The molecular weight excluding hydrogens is 474 g/mol. The van der Waals surface area contributed by atoms with Gasteiger partial charge in [-0.2, -0.15) is 0 Å². The Labute approximate surface area is 211 Å². The first-order valence-electron chi connectivity index (χ1n) is 12.6. The van der Waals surface area contributed by atoms with Gasteiger partial charge in [-0.05, 0) is 37.1 Å². The van der Waals surface area contributed by atoms with Crippen LogP contribution in [0, 0.1) is 0 Å². The molecule has 0 radical (unpaired) electrons. The number of aromatic amines is 2. The fraction of sp³-hybridized carbons (Fsp3) is 0.357. The maximum Gasteiger partial charge on any atom is 0.274 e. The average molecular weight is 504 g/mol. The Hall–Kier alpha value is -4.14. The molecule has 0 bridgehead atoms. The first-order valence-corrected chi connectivity index (χ1v) is 12.6. The summed E-state index contributed by atoms with van der Waals surface area (Å²) in [6.07, 6.45) is 6.62. The van der Waals surface area contributed by atoms with Crippen molar-refractivity contribution in [3.63, 3.8) is 0 Å². The quantitative estimate of drug-likeness (QED) is 0.306. The predicted molar refractivity (Wildman–Crippen MR) is 142 cm³/mol. The number of pyridine rings is 1. The first kappa shape index (κ1) is 23.3.